The van der Waals surface area contributed by atoms with Gasteiger partial charge in [-0.3, -0.25) is 14.6 Å². The molecule has 130 valence electrons. The Morgan fingerprint density at radius 3 is 2.46 bits per heavy atom. The second kappa shape index (κ2) is 7.09. The summed E-state index contributed by atoms with van der Waals surface area (Å²) in [5, 5.41) is 1.98. The lowest BCUT2D eigenvalue weighted by Crippen LogP contribution is -2.55. The second-order valence-electron chi connectivity index (χ2n) is 6.04. The fourth-order valence-electron chi connectivity index (χ4n) is 3.17. The van der Waals surface area contributed by atoms with Gasteiger partial charge in [-0.15, -0.1) is 11.3 Å². The van der Waals surface area contributed by atoms with Crippen LogP contribution in [0.3, 0.4) is 0 Å². The Balaban J connectivity index is 1.73. The van der Waals surface area contributed by atoms with E-state index in [4.69, 9.17) is 0 Å². The highest BCUT2D eigenvalue weighted by atomic mass is 32.1. The number of carbonyl (C=O) groups excluding carboxylic acids is 2. The molecule has 1 saturated heterocycles. The van der Waals surface area contributed by atoms with Crippen LogP contribution in [0.25, 0.3) is 0 Å². The first-order valence-corrected chi connectivity index (χ1v) is 9.20. The zero-order valence-corrected chi connectivity index (χ0v) is 14.8. The third kappa shape index (κ3) is 3.11. The normalized spacial score (nSPS) is 17.6. The predicted molar refractivity (Wildman–Crippen MR) is 101 cm³/mol. The van der Waals surface area contributed by atoms with E-state index >= 15 is 0 Å². The monoisotopic (exact) mass is 363 g/mol. The molecule has 1 atom stereocenters. The number of anilines is 1. The number of hydrogen-bond donors (Lipinski definition) is 0. The summed E-state index contributed by atoms with van der Waals surface area (Å²) in [6, 6.07) is 16.2. The van der Waals surface area contributed by atoms with Gasteiger partial charge in [-0.05, 0) is 41.3 Å². The van der Waals surface area contributed by atoms with Crippen molar-refractivity contribution >= 4 is 28.8 Å². The summed E-state index contributed by atoms with van der Waals surface area (Å²) in [5.41, 5.74) is 1.51. The highest BCUT2D eigenvalue weighted by molar-refractivity contribution is 7.09. The van der Waals surface area contributed by atoms with E-state index in [0.29, 0.717) is 6.54 Å². The number of pyridine rings is 1. The van der Waals surface area contributed by atoms with Crippen LogP contribution in [0.1, 0.15) is 16.5 Å². The fourth-order valence-corrected chi connectivity index (χ4v) is 3.88. The third-order valence-corrected chi connectivity index (χ3v) is 5.28. The van der Waals surface area contributed by atoms with Crippen molar-refractivity contribution in [2.45, 2.75) is 12.6 Å². The molecule has 0 radical (unpaired) electrons. The molecule has 1 aromatic carbocycles. The molecule has 26 heavy (non-hydrogen) atoms. The van der Waals surface area contributed by atoms with Gasteiger partial charge in [-0.25, -0.2) is 0 Å². The summed E-state index contributed by atoms with van der Waals surface area (Å²) in [7, 11) is 0. The van der Waals surface area contributed by atoms with Crippen LogP contribution in [0.5, 0.6) is 0 Å². The highest BCUT2D eigenvalue weighted by Crippen LogP contribution is 2.32. The summed E-state index contributed by atoms with van der Waals surface area (Å²) in [4.78, 5) is 34.6. The number of nitrogens with zero attached hydrogens (tertiary/aromatic N) is 3. The Labute approximate surface area is 155 Å². The van der Waals surface area contributed by atoms with Crippen LogP contribution in [0.4, 0.5) is 5.69 Å². The van der Waals surface area contributed by atoms with E-state index in [9.17, 15) is 9.59 Å². The second-order valence-corrected chi connectivity index (χ2v) is 7.08. The zero-order chi connectivity index (χ0) is 17.9. The molecule has 0 N–H and O–H groups in total. The molecule has 6 heteroatoms. The smallest absolute Gasteiger partial charge is 0.254 e. The van der Waals surface area contributed by atoms with Gasteiger partial charge in [0.05, 0.1) is 6.54 Å². The van der Waals surface area contributed by atoms with Crippen LogP contribution < -0.4 is 4.90 Å². The molecule has 0 spiro atoms. The number of hydrogen-bond acceptors (Lipinski definition) is 4. The average Bonchev–Trinajstić information content (AvgIpc) is 3.19. The van der Waals surface area contributed by atoms with Gasteiger partial charge >= 0.3 is 0 Å². The molecule has 2 aromatic heterocycles. The van der Waals surface area contributed by atoms with Gasteiger partial charge < -0.3 is 9.80 Å². The van der Waals surface area contributed by atoms with Crippen molar-refractivity contribution in [3.8, 4) is 0 Å². The van der Waals surface area contributed by atoms with E-state index < -0.39 is 6.04 Å². The number of carbonyl (C=O) groups is 2. The third-order valence-electron chi connectivity index (χ3n) is 4.42. The maximum absolute atomic E-state index is 13.3. The Morgan fingerprint density at radius 2 is 1.77 bits per heavy atom. The van der Waals surface area contributed by atoms with Gasteiger partial charge in [0, 0.05) is 23.0 Å². The molecular weight excluding hydrogens is 346 g/mol. The van der Waals surface area contributed by atoms with Gasteiger partial charge in [0.15, 0.2) is 0 Å². The van der Waals surface area contributed by atoms with Crippen LogP contribution in [0.15, 0.2) is 72.4 Å². The van der Waals surface area contributed by atoms with Crippen LogP contribution in [-0.4, -0.2) is 28.2 Å². The van der Waals surface area contributed by atoms with Gasteiger partial charge in [-0.1, -0.05) is 24.3 Å². The first kappa shape index (κ1) is 16.5. The van der Waals surface area contributed by atoms with Crippen molar-refractivity contribution in [1.82, 2.24) is 9.88 Å². The minimum Gasteiger partial charge on any atom is -0.320 e. The molecule has 1 fully saturated rings. The maximum atomic E-state index is 13.3. The Morgan fingerprint density at radius 1 is 1.00 bits per heavy atom. The van der Waals surface area contributed by atoms with E-state index in [0.717, 1.165) is 16.1 Å². The van der Waals surface area contributed by atoms with E-state index in [1.54, 1.807) is 45.7 Å². The molecule has 5 nitrogen and oxygen atoms in total. The molecule has 1 aliphatic heterocycles. The van der Waals surface area contributed by atoms with E-state index in [1.807, 2.05) is 47.8 Å². The largest absolute Gasteiger partial charge is 0.320 e. The summed E-state index contributed by atoms with van der Waals surface area (Å²) in [6.45, 7) is 0.480. The van der Waals surface area contributed by atoms with Crippen LogP contribution in [0.2, 0.25) is 0 Å². The molecule has 4 rings (SSSR count). The molecule has 0 bridgehead atoms. The number of benzene rings is 1. The van der Waals surface area contributed by atoms with Crippen molar-refractivity contribution in [3.05, 3.63) is 82.8 Å². The van der Waals surface area contributed by atoms with E-state index in [-0.39, 0.29) is 18.4 Å². The Kier molecular flexibility index (Phi) is 4.50. The number of aromatic nitrogens is 1. The summed E-state index contributed by atoms with van der Waals surface area (Å²) >= 11 is 1.58. The number of rotatable bonds is 4. The standard InChI is InChI=1S/C20H17N3O2S/c24-18-14-22(16-5-2-1-3-6-16)20(25)19(15-8-10-21-11-9-15)23(18)13-17-7-4-12-26-17/h1-12,19H,13-14H2/t19-/m0/s1. The number of para-hydroxylation sites is 1. The molecule has 1 aliphatic rings. The SMILES string of the molecule is O=C1[C@H](c2ccncc2)N(Cc2cccs2)C(=O)CN1c1ccccc1. The van der Waals surface area contributed by atoms with Crippen molar-refractivity contribution in [2.24, 2.45) is 0 Å². The van der Waals surface area contributed by atoms with E-state index in [2.05, 4.69) is 4.98 Å². The van der Waals surface area contributed by atoms with Gasteiger partial charge in [0.2, 0.25) is 5.91 Å². The molecule has 3 heterocycles. The maximum Gasteiger partial charge on any atom is 0.254 e. The highest BCUT2D eigenvalue weighted by Gasteiger charge is 2.40. The molecule has 0 unspecified atom stereocenters. The zero-order valence-electron chi connectivity index (χ0n) is 14.0. The number of thiophene rings is 1. The Hall–Kier alpha value is -2.99. The van der Waals surface area contributed by atoms with Crippen LogP contribution >= 0.6 is 11.3 Å². The molecular formula is C20H17N3O2S. The first-order valence-electron chi connectivity index (χ1n) is 8.32. The quantitative estimate of drug-likeness (QED) is 0.715. The molecule has 0 saturated carbocycles. The van der Waals surface area contributed by atoms with Crippen molar-refractivity contribution < 1.29 is 9.59 Å². The minimum absolute atomic E-state index is 0.0514. The Bertz CT molecular complexity index is 897. The van der Waals surface area contributed by atoms with E-state index in [1.165, 1.54) is 0 Å². The van der Waals surface area contributed by atoms with Crippen molar-refractivity contribution in [3.63, 3.8) is 0 Å². The molecule has 2 amide bonds. The number of piperazine rings is 1. The van der Waals surface area contributed by atoms with Gasteiger partial charge in [-0.2, -0.15) is 0 Å². The fraction of sp³-hybridized carbons (Fsp3) is 0.150. The summed E-state index contributed by atoms with van der Waals surface area (Å²) in [5.74, 6) is -0.165. The van der Waals surface area contributed by atoms with Crippen molar-refractivity contribution in [2.75, 3.05) is 11.4 Å². The van der Waals surface area contributed by atoms with Gasteiger partial charge in [0.1, 0.15) is 12.6 Å². The summed E-state index contributed by atoms with van der Waals surface area (Å²) < 4.78 is 0. The van der Waals surface area contributed by atoms with Crippen molar-refractivity contribution in [1.29, 1.82) is 0 Å². The first-order chi connectivity index (χ1) is 12.7. The van der Waals surface area contributed by atoms with Crippen LogP contribution in [-0.2, 0) is 16.1 Å². The number of amides is 2. The van der Waals surface area contributed by atoms with Crippen LogP contribution in [0, 0.1) is 0 Å². The lowest BCUT2D eigenvalue weighted by Gasteiger charge is -2.40. The molecule has 0 aliphatic carbocycles. The topological polar surface area (TPSA) is 53.5 Å². The average molecular weight is 363 g/mol. The minimum atomic E-state index is -0.651. The lowest BCUT2D eigenvalue weighted by molar-refractivity contribution is -0.144. The summed E-state index contributed by atoms with van der Waals surface area (Å²) in [6.07, 6.45) is 3.30. The lowest BCUT2D eigenvalue weighted by atomic mass is 10.0. The van der Waals surface area contributed by atoms with Gasteiger partial charge in [0.25, 0.3) is 5.91 Å². The predicted octanol–water partition coefficient (Wildman–Crippen LogP) is 3.26. The molecule has 3 aromatic rings.